The van der Waals surface area contributed by atoms with E-state index in [0.29, 0.717) is 0 Å². The summed E-state index contributed by atoms with van der Waals surface area (Å²) >= 11 is 0. The number of aryl methyl sites for hydroxylation is 2. The normalized spacial score (nSPS) is 15.3. The molecule has 2 aromatic carbocycles. The largest absolute Gasteiger partial charge is 0.493 e. The first-order chi connectivity index (χ1) is 21.0. The van der Waals surface area contributed by atoms with E-state index in [1.807, 2.05) is 0 Å². The van der Waals surface area contributed by atoms with E-state index in [1.54, 1.807) is 7.11 Å². The molecule has 8 bridgehead atoms. The Morgan fingerprint density at radius 2 is 1.16 bits per heavy atom. The highest BCUT2D eigenvalue weighted by molar-refractivity contribution is 5.88. The van der Waals surface area contributed by atoms with E-state index in [4.69, 9.17) is 14.7 Å². The zero-order valence-corrected chi connectivity index (χ0v) is 26.7. The highest BCUT2D eigenvalue weighted by Gasteiger charge is 2.32. The van der Waals surface area contributed by atoms with Gasteiger partial charge in [0.15, 0.2) is 5.75 Å². The highest BCUT2D eigenvalue weighted by atomic mass is 16.5. The van der Waals surface area contributed by atoms with E-state index in [-0.39, 0.29) is 10.8 Å². The predicted molar refractivity (Wildman–Crippen MR) is 181 cm³/mol. The maximum Gasteiger partial charge on any atom is 0.163 e. The molecule has 5 heterocycles. The third-order valence-corrected chi connectivity index (χ3v) is 9.18. The number of aromatic nitrogens is 4. The lowest BCUT2D eigenvalue weighted by atomic mass is 9.86. The van der Waals surface area contributed by atoms with Crippen molar-refractivity contribution in [2.75, 3.05) is 7.11 Å². The van der Waals surface area contributed by atoms with Crippen LogP contribution in [0.3, 0.4) is 0 Å². The fraction of sp³-hybridized carbons (Fsp3) is 0.282. The van der Waals surface area contributed by atoms with Gasteiger partial charge in [0.1, 0.15) is 0 Å². The number of methoxy groups -OCH3 is 1. The number of rotatable bonds is 3. The molecule has 0 fully saturated rings. The molecule has 5 heteroatoms. The van der Waals surface area contributed by atoms with E-state index >= 15 is 0 Å². The van der Waals surface area contributed by atoms with Crippen molar-refractivity contribution in [1.82, 2.24) is 19.9 Å². The molecule has 5 nitrogen and oxygen atoms in total. The second-order valence-electron chi connectivity index (χ2n) is 13.8. The van der Waals surface area contributed by atoms with Gasteiger partial charge in [-0.25, -0.2) is 0 Å². The molecule has 0 unspecified atom stereocenters. The molecule has 2 N–H and O–H groups in total. The molecule has 7 rings (SSSR count). The van der Waals surface area contributed by atoms with Gasteiger partial charge in [-0.2, -0.15) is 0 Å². The van der Waals surface area contributed by atoms with Gasteiger partial charge in [-0.05, 0) is 55.3 Å². The molecule has 44 heavy (non-hydrogen) atoms. The summed E-state index contributed by atoms with van der Waals surface area (Å²) in [6.45, 7) is 13.3. The Bertz CT molecular complexity index is 2060. The van der Waals surface area contributed by atoms with Gasteiger partial charge in [0.2, 0.25) is 0 Å². The van der Waals surface area contributed by atoms with Crippen LogP contribution in [0.2, 0.25) is 0 Å². The fourth-order valence-corrected chi connectivity index (χ4v) is 6.57. The van der Waals surface area contributed by atoms with Crippen LogP contribution < -0.4 is 4.74 Å². The highest BCUT2D eigenvalue weighted by Crippen LogP contribution is 2.39. The van der Waals surface area contributed by atoms with Gasteiger partial charge in [0, 0.05) is 68.4 Å². The molecule has 222 valence electrons. The number of ether oxygens (including phenoxy) is 1. The average molecular weight is 581 g/mol. The minimum absolute atomic E-state index is 0.117. The summed E-state index contributed by atoms with van der Waals surface area (Å²) in [5, 5.41) is 0. The molecule has 2 aliphatic rings. The second kappa shape index (κ2) is 10.2. The van der Waals surface area contributed by atoms with Crippen LogP contribution in [0, 0.1) is 13.8 Å². The average Bonchev–Trinajstić information content (AvgIpc) is 3.70. The summed E-state index contributed by atoms with van der Waals surface area (Å²) < 4.78 is 6.13. The first-order valence-electron chi connectivity index (χ1n) is 15.5. The summed E-state index contributed by atoms with van der Waals surface area (Å²) in [5.74, 6) is 0.778. The van der Waals surface area contributed by atoms with Crippen molar-refractivity contribution in [1.29, 1.82) is 0 Å². The van der Waals surface area contributed by atoms with Crippen LogP contribution >= 0.6 is 0 Å². The lowest BCUT2D eigenvalue weighted by Gasteiger charge is -2.16. The predicted octanol–water partition coefficient (Wildman–Crippen LogP) is 9.31. The SMILES string of the molecule is COc1c2nc(cc3[nH]c(cc4nc(cc5[nH]c1cc5-c1ccc(C)cc1)C(C)(C)C4)cc3-c1ccc(C)cc1)C(C)(C)C2. The molecule has 2 aliphatic heterocycles. The quantitative estimate of drug-likeness (QED) is 0.223. The third-order valence-electron chi connectivity index (χ3n) is 9.18. The number of nitrogens with one attached hydrogen (secondary N) is 2. The standard InChI is InChI=1S/C39H40N4O/c1-23-8-12-25(13-9-23)29-17-27-16-28-21-38(3,4)35(41-28)20-32-30(26-14-10-24(2)11-15-26)18-33(42-32)37(44-7)34-22-39(5,6)36(43-34)19-31(29)40-27/h8-20,40,42H,21-22H2,1-7H3. The minimum Gasteiger partial charge on any atom is -0.493 e. The number of nitrogens with zero attached hydrogens (tertiary/aromatic N) is 2. The third kappa shape index (κ3) is 5.00. The molecule has 0 saturated heterocycles. The Morgan fingerprint density at radius 1 is 0.614 bits per heavy atom. The summed E-state index contributed by atoms with van der Waals surface area (Å²) in [6, 6.07) is 28.5. The second-order valence-corrected chi connectivity index (χ2v) is 13.8. The van der Waals surface area contributed by atoms with E-state index in [0.717, 1.165) is 80.1 Å². The molecule has 3 aromatic heterocycles. The summed E-state index contributed by atoms with van der Waals surface area (Å²) in [6.07, 6.45) is 1.63. The van der Waals surface area contributed by atoms with Crippen molar-refractivity contribution in [2.45, 2.75) is 65.2 Å². The maximum absolute atomic E-state index is 6.13. The number of H-pyrrole nitrogens is 2. The topological polar surface area (TPSA) is 66.6 Å². The zero-order valence-electron chi connectivity index (χ0n) is 26.7. The molecule has 0 amide bonds. The van der Waals surface area contributed by atoms with Crippen LogP contribution in [0.1, 0.15) is 61.6 Å². The van der Waals surface area contributed by atoms with Crippen LogP contribution in [0.25, 0.3) is 44.3 Å². The van der Waals surface area contributed by atoms with Gasteiger partial charge in [0.25, 0.3) is 0 Å². The van der Waals surface area contributed by atoms with Crippen molar-refractivity contribution in [3.05, 3.63) is 113 Å². The Kier molecular flexibility index (Phi) is 6.54. The van der Waals surface area contributed by atoms with Gasteiger partial charge < -0.3 is 14.7 Å². The first-order valence-corrected chi connectivity index (χ1v) is 15.5. The smallest absolute Gasteiger partial charge is 0.163 e. The molecule has 0 atom stereocenters. The van der Waals surface area contributed by atoms with Crippen LogP contribution in [0.15, 0.2) is 78.9 Å². The lowest BCUT2D eigenvalue weighted by Crippen LogP contribution is -2.15. The number of hydrogen-bond donors (Lipinski definition) is 2. The summed E-state index contributed by atoms with van der Waals surface area (Å²) in [7, 11) is 1.74. The molecule has 5 aromatic rings. The summed E-state index contributed by atoms with van der Waals surface area (Å²) in [4.78, 5) is 17.9. The lowest BCUT2D eigenvalue weighted by molar-refractivity contribution is 0.409. The van der Waals surface area contributed by atoms with Crippen LogP contribution in [-0.2, 0) is 23.7 Å². The van der Waals surface area contributed by atoms with Gasteiger partial charge in [-0.3, -0.25) is 9.97 Å². The Hall–Kier alpha value is -4.64. The number of hydrogen-bond acceptors (Lipinski definition) is 3. The van der Waals surface area contributed by atoms with E-state index in [9.17, 15) is 0 Å². The fourth-order valence-electron chi connectivity index (χ4n) is 6.57. The maximum atomic E-state index is 6.13. The monoisotopic (exact) mass is 580 g/mol. The molecular weight excluding hydrogens is 540 g/mol. The molecular formula is C39H40N4O. The summed E-state index contributed by atoms with van der Waals surface area (Å²) in [5.41, 5.74) is 15.0. The molecule has 0 spiro atoms. The van der Waals surface area contributed by atoms with Gasteiger partial charge in [-0.15, -0.1) is 0 Å². The van der Waals surface area contributed by atoms with Crippen LogP contribution in [-0.4, -0.2) is 27.0 Å². The van der Waals surface area contributed by atoms with Gasteiger partial charge in [0.05, 0.1) is 18.3 Å². The molecule has 0 radical (unpaired) electrons. The van der Waals surface area contributed by atoms with E-state index < -0.39 is 0 Å². The van der Waals surface area contributed by atoms with Crippen molar-refractivity contribution in [2.24, 2.45) is 0 Å². The van der Waals surface area contributed by atoms with E-state index in [1.165, 1.54) is 16.7 Å². The molecule has 0 aliphatic carbocycles. The Morgan fingerprint density at radius 3 is 1.77 bits per heavy atom. The van der Waals surface area contributed by atoms with E-state index in [2.05, 4.69) is 130 Å². The van der Waals surface area contributed by atoms with Crippen molar-refractivity contribution < 1.29 is 4.74 Å². The van der Waals surface area contributed by atoms with Gasteiger partial charge in [-0.1, -0.05) is 87.4 Å². The zero-order chi connectivity index (χ0) is 30.8. The minimum atomic E-state index is -0.170. The van der Waals surface area contributed by atoms with Crippen LogP contribution in [0.5, 0.6) is 5.75 Å². The number of benzene rings is 2. The van der Waals surface area contributed by atoms with Crippen LogP contribution in [0.4, 0.5) is 0 Å². The van der Waals surface area contributed by atoms with Crippen molar-refractivity contribution >= 4 is 22.1 Å². The Labute approximate surface area is 259 Å². The van der Waals surface area contributed by atoms with Gasteiger partial charge >= 0.3 is 0 Å². The number of aromatic amines is 2. The van der Waals surface area contributed by atoms with Crippen molar-refractivity contribution in [3.8, 4) is 28.0 Å². The number of fused-ring (bicyclic) bond motifs is 8. The Balaban J connectivity index is 1.59. The first kappa shape index (κ1) is 28.1. The van der Waals surface area contributed by atoms with Crippen molar-refractivity contribution in [3.63, 3.8) is 0 Å². The molecule has 0 saturated carbocycles.